The van der Waals surface area contributed by atoms with Gasteiger partial charge in [0.25, 0.3) is 5.91 Å². The standard InChI is InChI=1S/C20H20BrNO3/c1-25-20(24)18(14-8-10-17(21)11-9-14)22-19(23)16-7-6-13-4-2-3-5-15(13)12-16/h6-12,18H,2-5H2,1H3,(H,22,23). The summed E-state index contributed by atoms with van der Waals surface area (Å²) < 4.78 is 5.76. The van der Waals surface area contributed by atoms with Gasteiger partial charge in [0, 0.05) is 10.0 Å². The quantitative estimate of drug-likeness (QED) is 0.788. The van der Waals surface area contributed by atoms with Crippen molar-refractivity contribution in [2.75, 3.05) is 7.11 Å². The van der Waals surface area contributed by atoms with E-state index in [-0.39, 0.29) is 5.91 Å². The summed E-state index contributed by atoms with van der Waals surface area (Å²) >= 11 is 3.37. The van der Waals surface area contributed by atoms with Crippen LogP contribution in [0.5, 0.6) is 0 Å². The van der Waals surface area contributed by atoms with Gasteiger partial charge in [0.15, 0.2) is 6.04 Å². The molecule has 4 nitrogen and oxygen atoms in total. The minimum absolute atomic E-state index is 0.272. The number of benzene rings is 2. The normalized spacial score (nSPS) is 14.3. The first-order valence-corrected chi connectivity index (χ1v) is 9.14. The van der Waals surface area contributed by atoms with E-state index in [1.54, 1.807) is 12.1 Å². The predicted molar refractivity (Wildman–Crippen MR) is 99.4 cm³/mol. The molecule has 1 amide bonds. The Kier molecular flexibility index (Phi) is 5.53. The first-order valence-electron chi connectivity index (χ1n) is 8.34. The Morgan fingerprint density at radius 1 is 1.04 bits per heavy atom. The molecule has 0 aliphatic heterocycles. The van der Waals surface area contributed by atoms with Gasteiger partial charge in [-0.15, -0.1) is 0 Å². The van der Waals surface area contributed by atoms with Crippen molar-refractivity contribution in [2.24, 2.45) is 0 Å². The molecule has 0 radical (unpaired) electrons. The van der Waals surface area contributed by atoms with Gasteiger partial charge in [0.05, 0.1) is 7.11 Å². The van der Waals surface area contributed by atoms with Crippen molar-refractivity contribution in [3.63, 3.8) is 0 Å². The minimum Gasteiger partial charge on any atom is -0.467 e. The number of methoxy groups -OCH3 is 1. The third kappa shape index (κ3) is 4.10. The molecule has 0 saturated carbocycles. The number of nitrogens with one attached hydrogen (secondary N) is 1. The molecular weight excluding hydrogens is 382 g/mol. The molecule has 0 spiro atoms. The van der Waals surface area contributed by atoms with Crippen molar-refractivity contribution in [3.8, 4) is 0 Å². The van der Waals surface area contributed by atoms with Gasteiger partial charge in [-0.1, -0.05) is 34.1 Å². The zero-order valence-electron chi connectivity index (χ0n) is 14.0. The van der Waals surface area contributed by atoms with Crippen LogP contribution in [0.1, 0.15) is 45.9 Å². The summed E-state index contributed by atoms with van der Waals surface area (Å²) in [6.45, 7) is 0. The number of aryl methyl sites for hydroxylation is 2. The molecule has 25 heavy (non-hydrogen) atoms. The Morgan fingerprint density at radius 2 is 1.72 bits per heavy atom. The van der Waals surface area contributed by atoms with Crippen LogP contribution in [0.2, 0.25) is 0 Å². The number of rotatable bonds is 4. The third-order valence-electron chi connectivity index (χ3n) is 4.53. The van der Waals surface area contributed by atoms with Gasteiger partial charge in [0.2, 0.25) is 0 Å². The lowest BCUT2D eigenvalue weighted by molar-refractivity contribution is -0.143. The molecule has 1 N–H and O–H groups in total. The molecule has 0 fully saturated rings. The minimum atomic E-state index is -0.832. The van der Waals surface area contributed by atoms with Gasteiger partial charge < -0.3 is 10.1 Å². The van der Waals surface area contributed by atoms with E-state index in [1.807, 2.05) is 30.3 Å². The summed E-state index contributed by atoms with van der Waals surface area (Å²) in [4.78, 5) is 24.8. The molecule has 1 aliphatic carbocycles. The molecule has 2 aromatic rings. The van der Waals surface area contributed by atoms with Crippen LogP contribution in [0.4, 0.5) is 0 Å². The van der Waals surface area contributed by atoms with Crippen molar-refractivity contribution in [1.82, 2.24) is 5.32 Å². The fourth-order valence-electron chi connectivity index (χ4n) is 3.14. The zero-order chi connectivity index (χ0) is 17.8. The van der Waals surface area contributed by atoms with Crippen molar-refractivity contribution in [3.05, 3.63) is 69.2 Å². The van der Waals surface area contributed by atoms with E-state index in [2.05, 4.69) is 21.2 Å². The Labute approximate surface area is 155 Å². The van der Waals surface area contributed by atoms with Gasteiger partial charge in [-0.25, -0.2) is 4.79 Å². The largest absolute Gasteiger partial charge is 0.467 e. The molecule has 130 valence electrons. The molecule has 0 saturated heterocycles. The lowest BCUT2D eigenvalue weighted by atomic mass is 9.90. The number of ether oxygens (including phenoxy) is 1. The Bertz CT molecular complexity index is 786. The molecule has 1 unspecified atom stereocenters. The second-order valence-corrected chi connectivity index (χ2v) is 7.09. The number of carbonyl (C=O) groups excluding carboxylic acids is 2. The lowest BCUT2D eigenvalue weighted by Crippen LogP contribution is -2.34. The second kappa shape index (κ2) is 7.83. The van der Waals surface area contributed by atoms with Crippen LogP contribution in [0.3, 0.4) is 0 Å². The van der Waals surface area contributed by atoms with Crippen molar-refractivity contribution in [2.45, 2.75) is 31.7 Å². The van der Waals surface area contributed by atoms with E-state index >= 15 is 0 Å². The number of hydrogen-bond donors (Lipinski definition) is 1. The maximum atomic E-state index is 12.7. The summed E-state index contributed by atoms with van der Waals surface area (Å²) in [6, 6.07) is 12.2. The van der Waals surface area contributed by atoms with Crippen LogP contribution in [0.15, 0.2) is 46.9 Å². The Morgan fingerprint density at radius 3 is 2.40 bits per heavy atom. The summed E-state index contributed by atoms with van der Waals surface area (Å²) in [7, 11) is 1.32. The molecule has 5 heteroatoms. The predicted octanol–water partition coefficient (Wildman–Crippen LogP) is 3.97. The SMILES string of the molecule is COC(=O)C(NC(=O)c1ccc2c(c1)CCCC2)c1ccc(Br)cc1. The van der Waals surface area contributed by atoms with Crippen LogP contribution in [0.25, 0.3) is 0 Å². The van der Waals surface area contributed by atoms with Crippen molar-refractivity contribution >= 4 is 27.8 Å². The van der Waals surface area contributed by atoms with Gasteiger partial charge in [-0.2, -0.15) is 0 Å². The first-order chi connectivity index (χ1) is 12.1. The van der Waals surface area contributed by atoms with Gasteiger partial charge in [-0.3, -0.25) is 4.79 Å². The summed E-state index contributed by atoms with van der Waals surface area (Å²) in [6.07, 6.45) is 4.43. The molecular formula is C20H20BrNO3. The molecule has 0 aromatic heterocycles. The summed E-state index contributed by atoms with van der Waals surface area (Å²) in [5.41, 5.74) is 3.81. The monoisotopic (exact) mass is 401 g/mol. The Balaban J connectivity index is 1.82. The highest BCUT2D eigenvalue weighted by Gasteiger charge is 2.24. The van der Waals surface area contributed by atoms with E-state index in [1.165, 1.54) is 24.7 Å². The van der Waals surface area contributed by atoms with E-state index in [4.69, 9.17) is 4.74 Å². The topological polar surface area (TPSA) is 55.4 Å². The fraction of sp³-hybridized carbons (Fsp3) is 0.300. The smallest absolute Gasteiger partial charge is 0.333 e. The van der Waals surface area contributed by atoms with Crippen LogP contribution in [0, 0.1) is 0 Å². The number of esters is 1. The van der Waals surface area contributed by atoms with Crippen LogP contribution in [-0.4, -0.2) is 19.0 Å². The molecule has 1 atom stereocenters. The zero-order valence-corrected chi connectivity index (χ0v) is 15.6. The van der Waals surface area contributed by atoms with E-state index in [0.717, 1.165) is 23.7 Å². The first kappa shape index (κ1) is 17.7. The highest BCUT2D eigenvalue weighted by atomic mass is 79.9. The number of hydrogen-bond acceptors (Lipinski definition) is 3. The average Bonchev–Trinajstić information content (AvgIpc) is 2.65. The van der Waals surface area contributed by atoms with E-state index < -0.39 is 12.0 Å². The number of amides is 1. The Hall–Kier alpha value is -2.14. The molecule has 1 aliphatic rings. The van der Waals surface area contributed by atoms with Crippen molar-refractivity contribution in [1.29, 1.82) is 0 Å². The van der Waals surface area contributed by atoms with Crippen LogP contribution in [-0.2, 0) is 22.4 Å². The maximum absolute atomic E-state index is 12.7. The van der Waals surface area contributed by atoms with Gasteiger partial charge in [0.1, 0.15) is 0 Å². The molecule has 0 bridgehead atoms. The fourth-order valence-corrected chi connectivity index (χ4v) is 3.40. The molecule has 0 heterocycles. The van der Waals surface area contributed by atoms with E-state index in [0.29, 0.717) is 11.1 Å². The number of fused-ring (bicyclic) bond motifs is 1. The number of carbonyl (C=O) groups is 2. The van der Waals surface area contributed by atoms with Gasteiger partial charge in [-0.05, 0) is 66.6 Å². The number of halogens is 1. The van der Waals surface area contributed by atoms with E-state index in [9.17, 15) is 9.59 Å². The summed E-state index contributed by atoms with van der Waals surface area (Å²) in [5, 5.41) is 2.80. The molecule has 3 rings (SSSR count). The highest BCUT2D eigenvalue weighted by Crippen LogP contribution is 2.23. The van der Waals surface area contributed by atoms with Crippen LogP contribution >= 0.6 is 15.9 Å². The third-order valence-corrected chi connectivity index (χ3v) is 5.06. The lowest BCUT2D eigenvalue weighted by Gasteiger charge is -2.19. The highest BCUT2D eigenvalue weighted by molar-refractivity contribution is 9.10. The van der Waals surface area contributed by atoms with Gasteiger partial charge >= 0.3 is 5.97 Å². The second-order valence-electron chi connectivity index (χ2n) is 6.17. The average molecular weight is 402 g/mol. The maximum Gasteiger partial charge on any atom is 0.333 e. The van der Waals surface area contributed by atoms with Crippen LogP contribution < -0.4 is 5.32 Å². The summed E-state index contributed by atoms with van der Waals surface area (Å²) in [5.74, 6) is -0.764. The van der Waals surface area contributed by atoms with Crippen molar-refractivity contribution < 1.29 is 14.3 Å². The molecule has 2 aromatic carbocycles.